The van der Waals surface area contributed by atoms with Crippen molar-refractivity contribution in [3.63, 3.8) is 0 Å². The van der Waals surface area contributed by atoms with Gasteiger partial charge in [-0.1, -0.05) is 45.0 Å². The average Bonchev–Trinajstić information content (AvgIpc) is 3.23. The molecule has 0 fully saturated rings. The summed E-state index contributed by atoms with van der Waals surface area (Å²) >= 11 is 0. The summed E-state index contributed by atoms with van der Waals surface area (Å²) in [4.78, 5) is 29.8. The minimum atomic E-state index is -0.887. The number of hydrogen-bond donors (Lipinski definition) is 3. The minimum absolute atomic E-state index is 0.0482. The first-order chi connectivity index (χ1) is 18.0. The summed E-state index contributed by atoms with van der Waals surface area (Å²) < 4.78 is 26.1. The van der Waals surface area contributed by atoms with E-state index >= 15 is 0 Å². The van der Waals surface area contributed by atoms with Crippen molar-refractivity contribution in [2.45, 2.75) is 46.2 Å². The van der Waals surface area contributed by atoms with Crippen LogP contribution in [0.1, 0.15) is 49.7 Å². The molecule has 10 nitrogen and oxygen atoms in total. The largest absolute Gasteiger partial charge is 0.491 e. The summed E-state index contributed by atoms with van der Waals surface area (Å²) in [6, 6.07) is 10.5. The summed E-state index contributed by atoms with van der Waals surface area (Å²) in [6.45, 7) is 6.67. The predicted octanol–water partition coefficient (Wildman–Crippen LogP) is 2.97. The van der Waals surface area contributed by atoms with Gasteiger partial charge in [-0.2, -0.15) is 5.10 Å². The highest BCUT2D eigenvalue weighted by molar-refractivity contribution is 6.07. The van der Waals surface area contributed by atoms with Crippen molar-refractivity contribution >= 4 is 28.7 Å². The number of carbonyl (C=O) groups excluding carboxylic acids is 2. The third kappa shape index (κ3) is 7.21. The van der Waals surface area contributed by atoms with Crippen LogP contribution in [0.25, 0.3) is 10.9 Å². The van der Waals surface area contributed by atoms with E-state index in [0.717, 1.165) is 12.0 Å². The zero-order valence-electron chi connectivity index (χ0n) is 22.2. The first kappa shape index (κ1) is 28.4. The first-order valence-electron chi connectivity index (χ1n) is 12.3. The number of unbranched alkanes of at least 4 members (excludes halogenated alkanes) is 1. The number of rotatable bonds is 11. The number of amides is 1. The molecule has 204 valence electrons. The van der Waals surface area contributed by atoms with E-state index in [4.69, 9.17) is 20.9 Å². The minimum Gasteiger partial charge on any atom is -0.491 e. The number of aliphatic imine (C=N–C) groups is 1. The Bertz CT molecular complexity index is 1290. The quantitative estimate of drug-likeness (QED) is 0.151. The molecule has 11 heteroatoms. The maximum absolute atomic E-state index is 13.5. The van der Waals surface area contributed by atoms with Crippen molar-refractivity contribution in [3.8, 4) is 5.75 Å². The number of fused-ring (bicyclic) bond motifs is 1. The van der Waals surface area contributed by atoms with E-state index in [-0.39, 0.29) is 24.0 Å². The third-order valence-corrected chi connectivity index (χ3v) is 5.88. The molecule has 0 unspecified atom stereocenters. The zero-order chi connectivity index (χ0) is 27.9. The molecule has 3 rings (SSSR count). The van der Waals surface area contributed by atoms with E-state index in [0.29, 0.717) is 36.2 Å². The Hall–Kier alpha value is -4.15. The second-order valence-electron chi connectivity index (χ2n) is 9.94. The van der Waals surface area contributed by atoms with Crippen LogP contribution in [0.3, 0.4) is 0 Å². The van der Waals surface area contributed by atoms with Gasteiger partial charge in [-0.3, -0.25) is 14.5 Å². The number of guanidine groups is 1. The number of halogens is 1. The Morgan fingerprint density at radius 2 is 1.84 bits per heavy atom. The lowest BCUT2D eigenvalue weighted by Gasteiger charge is -2.28. The molecule has 0 bridgehead atoms. The zero-order valence-corrected chi connectivity index (χ0v) is 22.2. The average molecular weight is 527 g/mol. The van der Waals surface area contributed by atoms with Crippen molar-refractivity contribution in [1.82, 2.24) is 15.1 Å². The normalized spacial score (nSPS) is 12.1. The fourth-order valence-electron chi connectivity index (χ4n) is 3.92. The van der Waals surface area contributed by atoms with Crippen LogP contribution >= 0.6 is 0 Å². The molecule has 1 aromatic heterocycles. The molecular weight excluding hydrogens is 491 g/mol. The van der Waals surface area contributed by atoms with Crippen molar-refractivity contribution in [1.29, 1.82) is 0 Å². The van der Waals surface area contributed by atoms with Crippen LogP contribution in [0.5, 0.6) is 5.75 Å². The molecule has 0 aliphatic heterocycles. The van der Waals surface area contributed by atoms with Gasteiger partial charge in [0.2, 0.25) is 0 Å². The van der Waals surface area contributed by atoms with Gasteiger partial charge in [0.1, 0.15) is 23.1 Å². The van der Waals surface area contributed by atoms with Crippen molar-refractivity contribution in [2.24, 2.45) is 21.9 Å². The molecule has 3 aromatic rings. The van der Waals surface area contributed by atoms with E-state index in [1.807, 2.05) is 20.8 Å². The van der Waals surface area contributed by atoms with Gasteiger partial charge in [0.25, 0.3) is 5.91 Å². The van der Waals surface area contributed by atoms with Gasteiger partial charge < -0.3 is 26.3 Å². The number of aromatic nitrogens is 2. The number of para-hydroxylation sites is 1. The number of nitrogens with two attached hydrogens (primary N) is 2. The summed E-state index contributed by atoms with van der Waals surface area (Å²) in [5.41, 5.74) is 11.7. The molecule has 5 N–H and O–H groups in total. The Kier molecular flexibility index (Phi) is 9.27. The van der Waals surface area contributed by atoms with Crippen LogP contribution < -0.4 is 21.5 Å². The molecule has 0 aliphatic rings. The number of carbonyl (C=O) groups is 2. The Morgan fingerprint density at radius 1 is 1.13 bits per heavy atom. The number of methoxy groups -OCH3 is 1. The fourth-order valence-corrected chi connectivity index (χ4v) is 3.92. The van der Waals surface area contributed by atoms with Crippen LogP contribution in [-0.4, -0.2) is 53.9 Å². The lowest BCUT2D eigenvalue weighted by molar-refractivity contribution is -0.145. The van der Waals surface area contributed by atoms with E-state index in [1.54, 1.807) is 35.0 Å². The number of hydrogen-bond acceptors (Lipinski definition) is 6. The van der Waals surface area contributed by atoms with E-state index in [1.165, 1.54) is 19.2 Å². The van der Waals surface area contributed by atoms with Gasteiger partial charge in [0, 0.05) is 11.9 Å². The van der Waals surface area contributed by atoms with E-state index in [9.17, 15) is 14.0 Å². The van der Waals surface area contributed by atoms with Crippen LogP contribution in [0.15, 0.2) is 47.5 Å². The van der Waals surface area contributed by atoms with Crippen LogP contribution in [0.2, 0.25) is 0 Å². The topological polar surface area (TPSA) is 147 Å². The Labute approximate surface area is 221 Å². The molecule has 0 saturated carbocycles. The molecule has 2 aromatic carbocycles. The summed E-state index contributed by atoms with van der Waals surface area (Å²) in [6.07, 6.45) is 1.44. The van der Waals surface area contributed by atoms with Gasteiger partial charge >= 0.3 is 5.97 Å². The van der Waals surface area contributed by atoms with Crippen molar-refractivity contribution < 1.29 is 23.5 Å². The highest BCUT2D eigenvalue weighted by Crippen LogP contribution is 2.30. The maximum atomic E-state index is 13.5. The van der Waals surface area contributed by atoms with Gasteiger partial charge in [-0.25, -0.2) is 9.18 Å². The van der Waals surface area contributed by atoms with Crippen molar-refractivity contribution in [3.05, 3.63) is 59.5 Å². The van der Waals surface area contributed by atoms with Crippen molar-refractivity contribution in [2.75, 3.05) is 20.3 Å². The monoisotopic (exact) mass is 526 g/mol. The van der Waals surface area contributed by atoms with Crippen LogP contribution in [0, 0.1) is 11.2 Å². The van der Waals surface area contributed by atoms with Gasteiger partial charge in [-0.05, 0) is 42.0 Å². The SMILES string of the molecule is COC(=O)[C@@H](NC(=O)c1nn(Cc2ccc(F)cc2)c2c(OCCCCN=C(N)N)cccc12)C(C)(C)C. The molecule has 0 saturated heterocycles. The molecule has 1 heterocycles. The molecule has 0 aliphatic carbocycles. The maximum Gasteiger partial charge on any atom is 0.328 e. The van der Waals surface area contributed by atoms with E-state index < -0.39 is 23.3 Å². The van der Waals surface area contributed by atoms with Gasteiger partial charge in [-0.15, -0.1) is 0 Å². The molecule has 0 spiro atoms. The third-order valence-electron chi connectivity index (χ3n) is 5.88. The Balaban J connectivity index is 1.96. The summed E-state index contributed by atoms with van der Waals surface area (Å²) in [5.74, 6) is -0.830. The number of nitrogens with zero attached hydrogens (tertiary/aromatic N) is 3. The first-order valence-corrected chi connectivity index (χ1v) is 12.3. The second-order valence-corrected chi connectivity index (χ2v) is 9.94. The van der Waals surface area contributed by atoms with Crippen LogP contribution in [-0.2, 0) is 16.1 Å². The number of benzene rings is 2. The van der Waals surface area contributed by atoms with Gasteiger partial charge in [0.05, 0.1) is 20.3 Å². The number of nitrogens with one attached hydrogen (secondary N) is 1. The predicted molar refractivity (Wildman–Crippen MR) is 143 cm³/mol. The lowest BCUT2D eigenvalue weighted by Crippen LogP contribution is -2.49. The number of ether oxygens (including phenoxy) is 2. The number of esters is 1. The lowest BCUT2D eigenvalue weighted by atomic mass is 9.86. The fraction of sp³-hybridized carbons (Fsp3) is 0.407. The summed E-state index contributed by atoms with van der Waals surface area (Å²) in [5, 5.41) is 7.94. The molecule has 1 amide bonds. The standard InChI is InChI=1S/C27H35FN6O4/c1-27(2,3)23(25(36)37-4)32-24(35)21-19-8-7-9-20(38-15-6-5-14-31-26(29)30)22(19)34(33-21)16-17-10-12-18(28)13-11-17/h7-13,23H,5-6,14-16H2,1-4H3,(H,32,35)(H4,29,30,31)/t23-/m1/s1. The van der Waals surface area contributed by atoms with E-state index in [2.05, 4.69) is 15.4 Å². The highest BCUT2D eigenvalue weighted by atomic mass is 19.1. The Morgan fingerprint density at radius 3 is 2.47 bits per heavy atom. The smallest absolute Gasteiger partial charge is 0.328 e. The summed E-state index contributed by atoms with van der Waals surface area (Å²) in [7, 11) is 1.28. The second kappa shape index (κ2) is 12.4. The molecule has 38 heavy (non-hydrogen) atoms. The molecular formula is C27H35FN6O4. The van der Waals surface area contributed by atoms with Gasteiger partial charge in [0.15, 0.2) is 11.7 Å². The highest BCUT2D eigenvalue weighted by Gasteiger charge is 2.35. The molecule has 1 atom stereocenters. The molecule has 0 radical (unpaired) electrons. The van der Waals surface area contributed by atoms with Crippen LogP contribution in [0.4, 0.5) is 4.39 Å².